The van der Waals surface area contributed by atoms with Crippen molar-refractivity contribution in [2.24, 2.45) is 5.92 Å². The fourth-order valence-corrected chi connectivity index (χ4v) is 2.08. The highest BCUT2D eigenvalue weighted by Crippen LogP contribution is 2.29. The van der Waals surface area contributed by atoms with E-state index in [0.717, 1.165) is 18.5 Å². The van der Waals surface area contributed by atoms with Gasteiger partial charge >= 0.3 is 0 Å². The van der Waals surface area contributed by atoms with Crippen LogP contribution in [-0.2, 0) is 0 Å². The van der Waals surface area contributed by atoms with Crippen molar-refractivity contribution in [1.29, 1.82) is 0 Å². The zero-order valence-corrected chi connectivity index (χ0v) is 10.3. The second-order valence-corrected chi connectivity index (χ2v) is 5.32. The SMILES string of the molecule is C#CCN(CCCCNC1CC1)CC1CC1. The van der Waals surface area contributed by atoms with Crippen molar-refractivity contribution in [3.05, 3.63) is 0 Å². The van der Waals surface area contributed by atoms with Crippen molar-refractivity contribution in [3.8, 4) is 12.3 Å². The summed E-state index contributed by atoms with van der Waals surface area (Å²) in [4.78, 5) is 2.45. The quantitative estimate of drug-likeness (QED) is 0.471. The molecule has 0 aromatic carbocycles. The normalized spacial score (nSPS) is 20.0. The topological polar surface area (TPSA) is 15.3 Å². The summed E-state index contributed by atoms with van der Waals surface area (Å²) in [6.45, 7) is 4.46. The first kappa shape index (κ1) is 12.0. The molecule has 16 heavy (non-hydrogen) atoms. The van der Waals surface area contributed by atoms with Gasteiger partial charge in [0.25, 0.3) is 0 Å². The van der Waals surface area contributed by atoms with E-state index in [1.165, 1.54) is 58.2 Å². The Morgan fingerprint density at radius 1 is 1.19 bits per heavy atom. The summed E-state index contributed by atoms with van der Waals surface area (Å²) in [6.07, 6.45) is 13.6. The van der Waals surface area contributed by atoms with Crippen molar-refractivity contribution < 1.29 is 0 Å². The van der Waals surface area contributed by atoms with Crippen LogP contribution in [0.25, 0.3) is 0 Å². The number of terminal acetylenes is 1. The highest BCUT2D eigenvalue weighted by Gasteiger charge is 2.23. The van der Waals surface area contributed by atoms with Gasteiger partial charge in [-0.05, 0) is 57.5 Å². The van der Waals surface area contributed by atoms with Crippen LogP contribution in [0.4, 0.5) is 0 Å². The molecule has 0 bridgehead atoms. The van der Waals surface area contributed by atoms with Crippen molar-refractivity contribution in [3.63, 3.8) is 0 Å². The molecule has 0 atom stereocenters. The van der Waals surface area contributed by atoms with E-state index in [2.05, 4.69) is 16.1 Å². The third kappa shape index (κ3) is 5.01. The largest absolute Gasteiger partial charge is 0.314 e. The monoisotopic (exact) mass is 220 g/mol. The van der Waals surface area contributed by atoms with Gasteiger partial charge in [-0.25, -0.2) is 0 Å². The summed E-state index contributed by atoms with van der Waals surface area (Å²) in [5, 5.41) is 3.56. The van der Waals surface area contributed by atoms with Gasteiger partial charge in [0.05, 0.1) is 6.54 Å². The Hall–Kier alpha value is -0.520. The predicted molar refractivity (Wildman–Crippen MR) is 68.3 cm³/mol. The molecular formula is C14H24N2. The highest BCUT2D eigenvalue weighted by atomic mass is 15.1. The number of rotatable bonds is 9. The molecular weight excluding hydrogens is 196 g/mol. The average molecular weight is 220 g/mol. The molecule has 2 rings (SSSR count). The zero-order valence-electron chi connectivity index (χ0n) is 10.3. The van der Waals surface area contributed by atoms with Gasteiger partial charge in [-0.15, -0.1) is 6.42 Å². The van der Waals surface area contributed by atoms with Crippen LogP contribution in [0.1, 0.15) is 38.5 Å². The van der Waals surface area contributed by atoms with Crippen LogP contribution in [-0.4, -0.2) is 37.1 Å². The average Bonchev–Trinajstić information content (AvgIpc) is 3.12. The van der Waals surface area contributed by atoms with Crippen molar-refractivity contribution in [2.75, 3.05) is 26.2 Å². The lowest BCUT2D eigenvalue weighted by atomic mass is 10.2. The molecule has 2 nitrogen and oxygen atoms in total. The minimum atomic E-state index is 0.840. The summed E-state index contributed by atoms with van der Waals surface area (Å²) in [7, 11) is 0. The number of unbranched alkanes of at least 4 members (excludes halogenated alkanes) is 1. The predicted octanol–water partition coefficient (Wildman–Crippen LogP) is 1.86. The van der Waals surface area contributed by atoms with Gasteiger partial charge in [0.2, 0.25) is 0 Å². The van der Waals surface area contributed by atoms with E-state index in [-0.39, 0.29) is 0 Å². The number of hydrogen-bond acceptors (Lipinski definition) is 2. The third-order valence-corrected chi connectivity index (χ3v) is 3.44. The van der Waals surface area contributed by atoms with Crippen LogP contribution >= 0.6 is 0 Å². The van der Waals surface area contributed by atoms with Gasteiger partial charge in [0.1, 0.15) is 0 Å². The molecule has 0 aromatic heterocycles. The smallest absolute Gasteiger partial charge is 0.0599 e. The first-order chi connectivity index (χ1) is 7.88. The molecule has 0 unspecified atom stereocenters. The van der Waals surface area contributed by atoms with Crippen LogP contribution in [0.3, 0.4) is 0 Å². The van der Waals surface area contributed by atoms with Crippen molar-refractivity contribution in [2.45, 2.75) is 44.6 Å². The zero-order chi connectivity index (χ0) is 11.2. The van der Waals surface area contributed by atoms with Gasteiger partial charge in [-0.3, -0.25) is 4.90 Å². The van der Waals surface area contributed by atoms with E-state index in [9.17, 15) is 0 Å². The van der Waals surface area contributed by atoms with Gasteiger partial charge in [0, 0.05) is 12.6 Å². The molecule has 2 saturated carbocycles. The third-order valence-electron chi connectivity index (χ3n) is 3.44. The van der Waals surface area contributed by atoms with Crippen LogP contribution in [0, 0.1) is 18.3 Å². The second kappa shape index (κ2) is 6.27. The molecule has 0 spiro atoms. The van der Waals surface area contributed by atoms with Crippen LogP contribution in [0.2, 0.25) is 0 Å². The van der Waals surface area contributed by atoms with Crippen LogP contribution < -0.4 is 5.32 Å². The fraction of sp³-hybridized carbons (Fsp3) is 0.857. The summed E-state index contributed by atoms with van der Waals surface area (Å²) in [6, 6.07) is 0.855. The second-order valence-electron chi connectivity index (χ2n) is 5.32. The molecule has 2 heteroatoms. The summed E-state index contributed by atoms with van der Waals surface area (Å²) in [5.41, 5.74) is 0. The van der Waals surface area contributed by atoms with E-state index in [1.807, 2.05) is 0 Å². The fourth-order valence-electron chi connectivity index (χ4n) is 2.08. The minimum Gasteiger partial charge on any atom is -0.314 e. The van der Waals surface area contributed by atoms with Gasteiger partial charge in [0.15, 0.2) is 0 Å². The Morgan fingerprint density at radius 2 is 2.00 bits per heavy atom. The maximum atomic E-state index is 5.40. The van der Waals surface area contributed by atoms with Gasteiger partial charge in [-0.2, -0.15) is 0 Å². The van der Waals surface area contributed by atoms with E-state index in [0.29, 0.717) is 0 Å². The standard InChI is InChI=1S/C14H24N2/c1-2-10-16(12-13-5-6-13)11-4-3-9-15-14-7-8-14/h1,13-15H,3-12H2. The molecule has 90 valence electrons. The Labute approximate surface area is 99.8 Å². The molecule has 0 aliphatic heterocycles. The van der Waals surface area contributed by atoms with Crippen molar-refractivity contribution >= 4 is 0 Å². The molecule has 0 heterocycles. The lowest BCUT2D eigenvalue weighted by Crippen LogP contribution is -2.28. The van der Waals surface area contributed by atoms with E-state index < -0.39 is 0 Å². The molecule has 0 amide bonds. The first-order valence-corrected chi connectivity index (χ1v) is 6.77. The summed E-state index contributed by atoms with van der Waals surface area (Å²) in [5.74, 6) is 3.74. The van der Waals surface area contributed by atoms with Gasteiger partial charge < -0.3 is 5.32 Å². The lowest BCUT2D eigenvalue weighted by molar-refractivity contribution is 0.287. The molecule has 2 fully saturated rings. The Balaban J connectivity index is 1.48. The van der Waals surface area contributed by atoms with Crippen LogP contribution in [0.5, 0.6) is 0 Å². The van der Waals surface area contributed by atoms with Crippen LogP contribution in [0.15, 0.2) is 0 Å². The van der Waals surface area contributed by atoms with E-state index >= 15 is 0 Å². The minimum absolute atomic E-state index is 0.840. The summed E-state index contributed by atoms with van der Waals surface area (Å²) >= 11 is 0. The highest BCUT2D eigenvalue weighted by molar-refractivity contribution is 4.90. The molecule has 2 aliphatic carbocycles. The Kier molecular flexibility index (Phi) is 4.69. The maximum absolute atomic E-state index is 5.40. The number of hydrogen-bond donors (Lipinski definition) is 1. The van der Waals surface area contributed by atoms with E-state index in [4.69, 9.17) is 6.42 Å². The Bertz CT molecular complexity index is 236. The number of nitrogens with zero attached hydrogens (tertiary/aromatic N) is 1. The molecule has 0 saturated heterocycles. The number of nitrogens with one attached hydrogen (secondary N) is 1. The van der Waals surface area contributed by atoms with E-state index in [1.54, 1.807) is 0 Å². The summed E-state index contributed by atoms with van der Waals surface area (Å²) < 4.78 is 0. The van der Waals surface area contributed by atoms with Gasteiger partial charge in [-0.1, -0.05) is 5.92 Å². The lowest BCUT2D eigenvalue weighted by Gasteiger charge is -2.19. The molecule has 2 aliphatic rings. The maximum Gasteiger partial charge on any atom is 0.0599 e. The van der Waals surface area contributed by atoms with Crippen molar-refractivity contribution in [1.82, 2.24) is 10.2 Å². The Morgan fingerprint density at radius 3 is 2.62 bits per heavy atom. The first-order valence-electron chi connectivity index (χ1n) is 6.77. The molecule has 0 radical (unpaired) electrons. The molecule has 0 aromatic rings. The molecule has 1 N–H and O–H groups in total.